The first-order chi connectivity index (χ1) is 12.0. The summed E-state index contributed by atoms with van der Waals surface area (Å²) in [6.07, 6.45) is 4.74. The molecule has 6 heteroatoms. The average Bonchev–Trinajstić information content (AvgIpc) is 2.91. The molecule has 1 amide bonds. The Hall–Kier alpha value is -3.15. The Morgan fingerprint density at radius 1 is 1.44 bits per heavy atom. The van der Waals surface area contributed by atoms with E-state index in [1.165, 1.54) is 6.08 Å². The molecule has 1 unspecified atom stereocenters. The highest BCUT2D eigenvalue weighted by atomic mass is 16.3. The number of likely N-dealkylation sites (tertiary alicyclic amines) is 1. The topological polar surface area (TPSA) is 108 Å². The highest BCUT2D eigenvalue weighted by Crippen LogP contribution is 2.27. The van der Waals surface area contributed by atoms with E-state index in [2.05, 4.69) is 11.6 Å². The first-order valence-corrected chi connectivity index (χ1v) is 8.15. The summed E-state index contributed by atoms with van der Waals surface area (Å²) in [7, 11) is 0. The second-order valence-electron chi connectivity index (χ2n) is 6.16. The normalized spacial score (nSPS) is 17.2. The maximum atomic E-state index is 11.7. The third kappa shape index (κ3) is 3.38. The smallest absolute Gasteiger partial charge is 0.246 e. The number of nitrogens with one attached hydrogen (secondary N) is 1. The Morgan fingerprint density at radius 2 is 2.20 bits per heavy atom. The van der Waals surface area contributed by atoms with Crippen molar-refractivity contribution in [2.45, 2.75) is 18.9 Å². The lowest BCUT2D eigenvalue weighted by atomic mass is 9.97. The van der Waals surface area contributed by atoms with Crippen LogP contribution in [-0.2, 0) is 11.2 Å². The first kappa shape index (κ1) is 16.7. The molecule has 2 aromatic rings. The summed E-state index contributed by atoms with van der Waals surface area (Å²) in [4.78, 5) is 16.7. The number of aromatic nitrogens is 1. The fraction of sp³-hybridized carbons (Fsp3) is 0.211. The lowest BCUT2D eigenvalue weighted by Gasteiger charge is -2.40. The minimum atomic E-state index is -0.0419. The number of carbonyl (C=O) groups excluding carboxylic acids is 1. The Balaban J connectivity index is 1.77. The number of nitrogen functional groups attached to an aromatic ring is 1. The summed E-state index contributed by atoms with van der Waals surface area (Å²) < 4.78 is 0. The molecular formula is C19H22N4O2. The number of aromatic hydroxyl groups is 1. The fourth-order valence-electron chi connectivity index (χ4n) is 3.05. The molecule has 1 aromatic carbocycles. The molecular weight excluding hydrogens is 316 g/mol. The van der Waals surface area contributed by atoms with Crippen molar-refractivity contribution in [3.63, 3.8) is 0 Å². The van der Waals surface area contributed by atoms with Crippen LogP contribution in [0.5, 0.6) is 5.75 Å². The van der Waals surface area contributed by atoms with E-state index < -0.39 is 0 Å². The summed E-state index contributed by atoms with van der Waals surface area (Å²) in [5, 5.41) is 9.89. The van der Waals surface area contributed by atoms with Crippen LogP contribution in [-0.4, -0.2) is 33.5 Å². The number of carbonyl (C=O) groups is 1. The number of anilines is 1. The van der Waals surface area contributed by atoms with E-state index >= 15 is 0 Å². The van der Waals surface area contributed by atoms with Gasteiger partial charge in [0.15, 0.2) is 0 Å². The molecule has 1 fully saturated rings. The molecule has 0 radical (unpaired) electrons. The lowest BCUT2D eigenvalue weighted by Crippen LogP contribution is -2.51. The molecule has 0 spiro atoms. The van der Waals surface area contributed by atoms with E-state index in [1.54, 1.807) is 29.2 Å². The zero-order valence-electron chi connectivity index (χ0n) is 13.9. The van der Waals surface area contributed by atoms with Crippen LogP contribution >= 0.6 is 0 Å². The van der Waals surface area contributed by atoms with Crippen LogP contribution in [0.4, 0.5) is 5.82 Å². The maximum Gasteiger partial charge on any atom is 0.246 e. The molecule has 1 aromatic heterocycles. The molecule has 130 valence electrons. The van der Waals surface area contributed by atoms with Crippen LogP contribution in [0.2, 0.25) is 0 Å². The molecule has 0 aliphatic carbocycles. The Kier molecular flexibility index (Phi) is 4.52. The molecule has 2 heterocycles. The number of para-hydroxylation sites is 1. The quantitative estimate of drug-likeness (QED) is 0.626. The Labute approximate surface area is 146 Å². The standard InChI is InChI=1S/C19H22N4O2/c1-2-18(25)23-8-7-14(23)11-13-9-12(19(21)22-13)10-16(20)15-5-3-4-6-17(15)24/h2-6,9-10,14,22,24H,1,7-8,11,20-21H2/b16-10-. The molecule has 0 saturated carbocycles. The summed E-state index contributed by atoms with van der Waals surface area (Å²) in [5.41, 5.74) is 14.8. The van der Waals surface area contributed by atoms with Crippen LogP contribution in [0.25, 0.3) is 11.8 Å². The van der Waals surface area contributed by atoms with Gasteiger partial charge in [0.1, 0.15) is 11.6 Å². The second kappa shape index (κ2) is 6.76. The molecule has 6 nitrogen and oxygen atoms in total. The van der Waals surface area contributed by atoms with E-state index in [0.29, 0.717) is 23.5 Å². The third-order valence-electron chi connectivity index (χ3n) is 4.52. The highest BCUT2D eigenvalue weighted by molar-refractivity contribution is 5.88. The van der Waals surface area contributed by atoms with Crippen molar-refractivity contribution < 1.29 is 9.90 Å². The zero-order valence-corrected chi connectivity index (χ0v) is 13.9. The predicted molar refractivity (Wildman–Crippen MR) is 99.4 cm³/mol. The summed E-state index contributed by atoms with van der Waals surface area (Å²) in [6.45, 7) is 4.29. The Morgan fingerprint density at radius 3 is 2.84 bits per heavy atom. The van der Waals surface area contributed by atoms with E-state index in [0.717, 1.165) is 24.2 Å². The number of amides is 1. The van der Waals surface area contributed by atoms with Gasteiger partial charge in [-0.15, -0.1) is 0 Å². The number of nitrogens with two attached hydrogens (primary N) is 2. The number of hydrogen-bond acceptors (Lipinski definition) is 4. The van der Waals surface area contributed by atoms with Gasteiger partial charge in [-0.25, -0.2) is 0 Å². The van der Waals surface area contributed by atoms with Gasteiger partial charge in [0.2, 0.25) is 5.91 Å². The maximum absolute atomic E-state index is 11.7. The second-order valence-corrected chi connectivity index (χ2v) is 6.16. The van der Waals surface area contributed by atoms with Crippen molar-refractivity contribution in [2.75, 3.05) is 12.3 Å². The summed E-state index contributed by atoms with van der Waals surface area (Å²) in [5.74, 6) is 0.590. The zero-order chi connectivity index (χ0) is 18.0. The Bertz CT molecular complexity index is 838. The predicted octanol–water partition coefficient (Wildman–Crippen LogP) is 2.09. The van der Waals surface area contributed by atoms with Gasteiger partial charge >= 0.3 is 0 Å². The van der Waals surface area contributed by atoms with Gasteiger partial charge in [0.05, 0.1) is 0 Å². The SMILES string of the molecule is C=CC(=O)N1CCC1Cc1cc(/C=C(\N)c2ccccc2O)c(N)[nH]1. The van der Waals surface area contributed by atoms with Crippen molar-refractivity contribution in [3.05, 3.63) is 59.8 Å². The van der Waals surface area contributed by atoms with Gasteiger partial charge in [-0.2, -0.15) is 0 Å². The van der Waals surface area contributed by atoms with Crippen molar-refractivity contribution in [1.29, 1.82) is 0 Å². The molecule has 0 bridgehead atoms. The van der Waals surface area contributed by atoms with Crippen molar-refractivity contribution in [2.24, 2.45) is 5.73 Å². The van der Waals surface area contributed by atoms with Crippen LogP contribution in [0, 0.1) is 0 Å². The van der Waals surface area contributed by atoms with Gasteiger partial charge in [0, 0.05) is 41.5 Å². The van der Waals surface area contributed by atoms with Crippen molar-refractivity contribution in [1.82, 2.24) is 9.88 Å². The van der Waals surface area contributed by atoms with Gasteiger partial charge in [-0.3, -0.25) is 4.79 Å². The number of phenols is 1. The van der Waals surface area contributed by atoms with E-state index in [-0.39, 0.29) is 17.7 Å². The minimum Gasteiger partial charge on any atom is -0.507 e. The molecule has 1 aliphatic heterocycles. The number of benzene rings is 1. The highest BCUT2D eigenvalue weighted by Gasteiger charge is 2.31. The van der Waals surface area contributed by atoms with E-state index in [9.17, 15) is 9.90 Å². The fourth-order valence-corrected chi connectivity index (χ4v) is 3.05. The van der Waals surface area contributed by atoms with E-state index in [4.69, 9.17) is 11.5 Å². The summed E-state index contributed by atoms with van der Waals surface area (Å²) >= 11 is 0. The van der Waals surface area contributed by atoms with Crippen LogP contribution in [0.3, 0.4) is 0 Å². The van der Waals surface area contributed by atoms with Gasteiger partial charge < -0.3 is 26.5 Å². The minimum absolute atomic E-state index is 0.0419. The van der Waals surface area contributed by atoms with Gasteiger partial charge in [-0.05, 0) is 36.8 Å². The van der Waals surface area contributed by atoms with Gasteiger partial charge in [0.25, 0.3) is 0 Å². The lowest BCUT2D eigenvalue weighted by molar-refractivity contribution is -0.133. The molecule has 3 rings (SSSR count). The number of hydrogen-bond donors (Lipinski definition) is 4. The molecule has 1 saturated heterocycles. The summed E-state index contributed by atoms with van der Waals surface area (Å²) in [6, 6.07) is 8.97. The van der Waals surface area contributed by atoms with Crippen LogP contribution in [0.15, 0.2) is 43.0 Å². The number of rotatable bonds is 5. The first-order valence-electron chi connectivity index (χ1n) is 8.15. The molecule has 6 N–H and O–H groups in total. The van der Waals surface area contributed by atoms with E-state index in [1.807, 2.05) is 12.1 Å². The van der Waals surface area contributed by atoms with Crippen molar-refractivity contribution in [3.8, 4) is 5.75 Å². The number of phenolic OH excluding ortho intramolecular Hbond substituents is 1. The molecule has 25 heavy (non-hydrogen) atoms. The van der Waals surface area contributed by atoms with Crippen molar-refractivity contribution >= 4 is 23.5 Å². The average molecular weight is 338 g/mol. The number of nitrogens with zero attached hydrogens (tertiary/aromatic N) is 1. The molecule has 1 aliphatic rings. The molecule has 1 atom stereocenters. The van der Waals surface area contributed by atoms with Crippen LogP contribution < -0.4 is 11.5 Å². The monoisotopic (exact) mass is 338 g/mol. The van der Waals surface area contributed by atoms with Gasteiger partial charge in [-0.1, -0.05) is 18.7 Å². The largest absolute Gasteiger partial charge is 0.507 e. The number of aromatic amines is 1. The third-order valence-corrected chi connectivity index (χ3v) is 4.52. The number of H-pyrrole nitrogens is 1. The van der Waals surface area contributed by atoms with Crippen LogP contribution in [0.1, 0.15) is 23.2 Å².